The zero-order chi connectivity index (χ0) is 14.4. The number of anilines is 2. The van der Waals surface area contributed by atoms with Crippen molar-refractivity contribution in [2.75, 3.05) is 11.1 Å². The van der Waals surface area contributed by atoms with Crippen LogP contribution < -0.4 is 5.32 Å². The molecule has 0 aliphatic heterocycles. The molecule has 0 unspecified atom stereocenters. The molecule has 0 saturated carbocycles. The van der Waals surface area contributed by atoms with Gasteiger partial charge in [0, 0.05) is 17.6 Å². The summed E-state index contributed by atoms with van der Waals surface area (Å²) in [5.74, 6) is 3.01. The normalized spacial score (nSPS) is 10.8. The van der Waals surface area contributed by atoms with Gasteiger partial charge in [-0.15, -0.1) is 0 Å². The molecule has 2 aromatic rings. The van der Waals surface area contributed by atoms with Crippen LogP contribution in [0.15, 0.2) is 42.6 Å². The van der Waals surface area contributed by atoms with Gasteiger partial charge in [0.15, 0.2) is 5.15 Å². The Kier molecular flexibility index (Phi) is 5.74. The average molecular weight is 307 g/mol. The molecule has 0 amide bonds. The summed E-state index contributed by atoms with van der Waals surface area (Å²) >= 11 is 8.00. The Balaban J connectivity index is 1.93. The highest BCUT2D eigenvalue weighted by molar-refractivity contribution is 7.98. The lowest BCUT2D eigenvalue weighted by Crippen LogP contribution is -1.94. The lowest BCUT2D eigenvalue weighted by atomic mass is 10.2. The van der Waals surface area contributed by atoms with E-state index < -0.39 is 0 Å². The van der Waals surface area contributed by atoms with Gasteiger partial charge in [-0.3, -0.25) is 0 Å². The highest BCUT2D eigenvalue weighted by Gasteiger charge is 2.01. The van der Waals surface area contributed by atoms with Crippen LogP contribution in [-0.4, -0.2) is 10.7 Å². The van der Waals surface area contributed by atoms with E-state index in [-0.39, 0.29) is 0 Å². The fourth-order valence-corrected chi connectivity index (χ4v) is 2.92. The van der Waals surface area contributed by atoms with Crippen LogP contribution in [-0.2, 0) is 5.75 Å². The Bertz CT molecular complexity index is 540. The molecule has 0 bridgehead atoms. The van der Waals surface area contributed by atoms with Crippen LogP contribution in [0.4, 0.5) is 11.4 Å². The molecule has 0 atom stereocenters. The molecule has 0 radical (unpaired) electrons. The average Bonchev–Trinajstić information content (AvgIpc) is 2.43. The van der Waals surface area contributed by atoms with Crippen LogP contribution in [0.3, 0.4) is 0 Å². The molecule has 0 spiro atoms. The second kappa shape index (κ2) is 7.55. The molecular formula is C16H19ClN2S. The van der Waals surface area contributed by atoms with Crippen molar-refractivity contribution < 1.29 is 0 Å². The number of pyridine rings is 1. The van der Waals surface area contributed by atoms with Gasteiger partial charge in [0.25, 0.3) is 0 Å². The van der Waals surface area contributed by atoms with Gasteiger partial charge in [0.2, 0.25) is 0 Å². The lowest BCUT2D eigenvalue weighted by Gasteiger charge is -2.09. The smallest absolute Gasteiger partial charge is 0.152 e. The minimum Gasteiger partial charge on any atom is -0.353 e. The van der Waals surface area contributed by atoms with Gasteiger partial charge < -0.3 is 5.32 Å². The van der Waals surface area contributed by atoms with E-state index in [1.807, 2.05) is 23.9 Å². The van der Waals surface area contributed by atoms with Crippen molar-refractivity contribution in [2.45, 2.75) is 19.6 Å². The number of nitrogens with zero attached hydrogens (tertiary/aromatic N) is 1. The van der Waals surface area contributed by atoms with E-state index in [4.69, 9.17) is 11.6 Å². The van der Waals surface area contributed by atoms with E-state index >= 15 is 0 Å². The van der Waals surface area contributed by atoms with Crippen LogP contribution in [0.5, 0.6) is 0 Å². The summed E-state index contributed by atoms with van der Waals surface area (Å²) in [6.45, 7) is 4.50. The summed E-state index contributed by atoms with van der Waals surface area (Å²) in [6.07, 6.45) is 1.68. The van der Waals surface area contributed by atoms with Gasteiger partial charge in [-0.2, -0.15) is 11.8 Å². The van der Waals surface area contributed by atoms with Gasteiger partial charge in [0.1, 0.15) is 0 Å². The van der Waals surface area contributed by atoms with Gasteiger partial charge in [-0.1, -0.05) is 37.6 Å². The Morgan fingerprint density at radius 1 is 1.20 bits per heavy atom. The molecule has 2 rings (SSSR count). The maximum atomic E-state index is 6.03. The zero-order valence-corrected chi connectivity index (χ0v) is 13.3. The first-order valence-electron chi connectivity index (χ1n) is 6.69. The fraction of sp³-hybridized carbons (Fsp3) is 0.312. The predicted molar refractivity (Wildman–Crippen MR) is 90.0 cm³/mol. The number of benzene rings is 1. The van der Waals surface area contributed by atoms with Crippen molar-refractivity contribution in [1.82, 2.24) is 4.98 Å². The molecule has 0 saturated heterocycles. The largest absolute Gasteiger partial charge is 0.353 e. The number of hydrogen-bond acceptors (Lipinski definition) is 3. The van der Waals surface area contributed by atoms with E-state index in [0.29, 0.717) is 5.15 Å². The molecular weight excluding hydrogens is 288 g/mol. The van der Waals surface area contributed by atoms with E-state index in [9.17, 15) is 0 Å². The molecule has 4 heteroatoms. The second-order valence-electron chi connectivity index (χ2n) is 5.07. The molecule has 2 nitrogen and oxygen atoms in total. The third-order valence-electron chi connectivity index (χ3n) is 2.71. The number of hydrogen-bond donors (Lipinski definition) is 1. The maximum Gasteiger partial charge on any atom is 0.152 e. The molecule has 1 aromatic carbocycles. The molecule has 1 heterocycles. The SMILES string of the molecule is CC(C)CSCc1ccc(Nc2cccnc2Cl)cc1. The Labute approximate surface area is 130 Å². The van der Waals surface area contributed by atoms with E-state index in [2.05, 4.69) is 48.4 Å². The summed E-state index contributed by atoms with van der Waals surface area (Å²) in [4.78, 5) is 4.05. The van der Waals surface area contributed by atoms with Crippen LogP contribution in [0.2, 0.25) is 5.15 Å². The van der Waals surface area contributed by atoms with Gasteiger partial charge in [-0.05, 0) is 41.5 Å². The van der Waals surface area contributed by atoms with Crippen molar-refractivity contribution in [3.8, 4) is 0 Å². The second-order valence-corrected chi connectivity index (χ2v) is 6.46. The van der Waals surface area contributed by atoms with E-state index in [1.165, 1.54) is 11.3 Å². The highest BCUT2D eigenvalue weighted by atomic mass is 35.5. The summed E-state index contributed by atoms with van der Waals surface area (Å²) in [5.41, 5.74) is 3.20. The quantitative estimate of drug-likeness (QED) is 0.726. The van der Waals surface area contributed by atoms with Crippen molar-refractivity contribution in [3.05, 3.63) is 53.3 Å². The first-order chi connectivity index (χ1) is 9.65. The molecule has 0 fully saturated rings. The topological polar surface area (TPSA) is 24.9 Å². The van der Waals surface area contributed by atoms with Crippen molar-refractivity contribution in [3.63, 3.8) is 0 Å². The molecule has 1 N–H and O–H groups in total. The van der Waals surface area contributed by atoms with Gasteiger partial charge >= 0.3 is 0 Å². The third-order valence-corrected chi connectivity index (χ3v) is 4.45. The van der Waals surface area contributed by atoms with Crippen molar-refractivity contribution in [1.29, 1.82) is 0 Å². The molecule has 0 aliphatic carbocycles. The molecule has 0 aliphatic rings. The Morgan fingerprint density at radius 3 is 2.60 bits per heavy atom. The minimum atomic E-state index is 0.490. The number of nitrogens with one attached hydrogen (secondary N) is 1. The standard InChI is InChI=1S/C16H19ClN2S/c1-12(2)10-20-11-13-5-7-14(8-6-13)19-15-4-3-9-18-16(15)17/h3-9,12,19H,10-11H2,1-2H3. The zero-order valence-electron chi connectivity index (χ0n) is 11.8. The number of thioether (sulfide) groups is 1. The molecule has 1 aromatic heterocycles. The third kappa shape index (κ3) is 4.73. The van der Waals surface area contributed by atoms with Crippen LogP contribution in [0.25, 0.3) is 0 Å². The maximum absolute atomic E-state index is 6.03. The lowest BCUT2D eigenvalue weighted by molar-refractivity contribution is 0.750. The van der Waals surface area contributed by atoms with Crippen molar-refractivity contribution >= 4 is 34.7 Å². The Hall–Kier alpha value is -1.19. The summed E-state index contributed by atoms with van der Waals surface area (Å²) in [6, 6.07) is 12.2. The van der Waals surface area contributed by atoms with Crippen LogP contribution in [0, 0.1) is 5.92 Å². The minimum absolute atomic E-state index is 0.490. The van der Waals surface area contributed by atoms with Crippen molar-refractivity contribution in [2.24, 2.45) is 5.92 Å². The number of rotatable bonds is 6. The summed E-state index contributed by atoms with van der Waals surface area (Å²) in [5, 5.41) is 3.76. The first-order valence-corrected chi connectivity index (χ1v) is 8.22. The summed E-state index contributed by atoms with van der Waals surface area (Å²) < 4.78 is 0. The predicted octanol–water partition coefficient (Wildman–Crippen LogP) is 5.37. The Morgan fingerprint density at radius 2 is 1.95 bits per heavy atom. The van der Waals surface area contributed by atoms with Gasteiger partial charge in [-0.25, -0.2) is 4.98 Å². The fourth-order valence-electron chi connectivity index (χ4n) is 1.73. The van der Waals surface area contributed by atoms with E-state index in [1.54, 1.807) is 6.20 Å². The molecule has 106 valence electrons. The van der Waals surface area contributed by atoms with Gasteiger partial charge in [0.05, 0.1) is 5.69 Å². The highest BCUT2D eigenvalue weighted by Crippen LogP contribution is 2.24. The summed E-state index contributed by atoms with van der Waals surface area (Å²) in [7, 11) is 0. The van der Waals surface area contributed by atoms with Crippen LogP contribution >= 0.6 is 23.4 Å². The molecule has 20 heavy (non-hydrogen) atoms. The monoisotopic (exact) mass is 306 g/mol. The van der Waals surface area contributed by atoms with Crippen LogP contribution in [0.1, 0.15) is 19.4 Å². The number of halogens is 1. The van der Waals surface area contributed by atoms with E-state index in [0.717, 1.165) is 23.0 Å². The number of aromatic nitrogens is 1. The first kappa shape index (κ1) is 15.2.